The van der Waals surface area contributed by atoms with Crippen LogP contribution in [0.1, 0.15) is 0 Å². The van der Waals surface area contributed by atoms with Crippen molar-refractivity contribution in [3.63, 3.8) is 0 Å². The highest BCUT2D eigenvalue weighted by molar-refractivity contribution is 5.31. The van der Waals surface area contributed by atoms with Crippen LogP contribution in [0.4, 0.5) is 0 Å². The van der Waals surface area contributed by atoms with Crippen molar-refractivity contribution in [2.75, 3.05) is 6.61 Å². The van der Waals surface area contributed by atoms with Gasteiger partial charge in [-0.2, -0.15) is 0 Å². The summed E-state index contributed by atoms with van der Waals surface area (Å²) in [5.41, 5.74) is 0. The van der Waals surface area contributed by atoms with Crippen molar-refractivity contribution in [3.05, 3.63) is 24.3 Å². The molecule has 0 radical (unpaired) electrons. The van der Waals surface area contributed by atoms with Crippen molar-refractivity contribution in [1.82, 2.24) is 0 Å². The van der Waals surface area contributed by atoms with E-state index in [1.807, 2.05) is 0 Å². The minimum atomic E-state index is -1.35. The molecule has 6 heteroatoms. The zero-order chi connectivity index (χ0) is 12.4. The van der Waals surface area contributed by atoms with Crippen LogP contribution >= 0.6 is 0 Å². The Morgan fingerprint density at radius 2 is 1.94 bits per heavy atom. The Kier molecular flexibility index (Phi) is 3.49. The molecular formula is C11H14O6. The van der Waals surface area contributed by atoms with E-state index in [1.54, 1.807) is 12.1 Å². The first-order valence-corrected chi connectivity index (χ1v) is 5.19. The van der Waals surface area contributed by atoms with Gasteiger partial charge in [0.1, 0.15) is 29.8 Å². The zero-order valence-corrected chi connectivity index (χ0v) is 8.93. The van der Waals surface area contributed by atoms with Crippen LogP contribution in [0.15, 0.2) is 24.3 Å². The largest absolute Gasteiger partial charge is 0.508 e. The molecule has 0 spiro atoms. The second kappa shape index (κ2) is 4.89. The maximum Gasteiger partial charge on any atom is 0.228 e. The molecule has 1 heterocycles. The molecule has 4 N–H and O–H groups in total. The smallest absolute Gasteiger partial charge is 0.228 e. The van der Waals surface area contributed by atoms with Gasteiger partial charge in [0.15, 0.2) is 0 Å². The Morgan fingerprint density at radius 3 is 2.65 bits per heavy atom. The third kappa shape index (κ3) is 2.67. The Labute approximate surface area is 97.7 Å². The van der Waals surface area contributed by atoms with E-state index in [4.69, 9.17) is 9.47 Å². The van der Waals surface area contributed by atoms with Crippen molar-refractivity contribution >= 4 is 0 Å². The number of aliphatic hydroxyl groups is 3. The minimum absolute atomic E-state index is 0.0217. The van der Waals surface area contributed by atoms with Gasteiger partial charge < -0.3 is 29.9 Å². The normalized spacial score (nSPS) is 33.4. The number of hydrogen-bond donors (Lipinski definition) is 4. The van der Waals surface area contributed by atoms with Gasteiger partial charge in [-0.1, -0.05) is 6.07 Å². The van der Waals surface area contributed by atoms with Gasteiger partial charge in [0, 0.05) is 6.07 Å². The van der Waals surface area contributed by atoms with Gasteiger partial charge in [0.2, 0.25) is 6.29 Å². The fourth-order valence-electron chi connectivity index (χ4n) is 1.57. The average molecular weight is 242 g/mol. The van der Waals surface area contributed by atoms with Gasteiger partial charge >= 0.3 is 0 Å². The standard InChI is InChI=1S/C11H14O6/c12-6-2-1-3-7(4-6)17-11-10(15)9(14)8(13)5-16-11/h1-4,8-15H,5H2/t8-,9+,10-,11-/m1/s1. The number of aromatic hydroxyl groups is 1. The predicted molar refractivity (Wildman–Crippen MR) is 56.5 cm³/mol. The highest BCUT2D eigenvalue weighted by Crippen LogP contribution is 2.23. The van der Waals surface area contributed by atoms with E-state index >= 15 is 0 Å². The Morgan fingerprint density at radius 1 is 1.18 bits per heavy atom. The number of phenols is 1. The van der Waals surface area contributed by atoms with Crippen molar-refractivity contribution in [2.45, 2.75) is 24.6 Å². The molecule has 0 unspecified atom stereocenters. The van der Waals surface area contributed by atoms with Gasteiger partial charge in [-0.15, -0.1) is 0 Å². The Hall–Kier alpha value is -1.34. The number of aliphatic hydroxyl groups excluding tert-OH is 3. The van der Waals surface area contributed by atoms with Crippen LogP contribution < -0.4 is 4.74 Å². The van der Waals surface area contributed by atoms with E-state index in [9.17, 15) is 20.4 Å². The molecule has 94 valence electrons. The van der Waals surface area contributed by atoms with E-state index in [-0.39, 0.29) is 12.4 Å². The van der Waals surface area contributed by atoms with Crippen molar-refractivity contribution < 1.29 is 29.9 Å². The Bertz CT molecular complexity index is 382. The van der Waals surface area contributed by atoms with E-state index in [1.165, 1.54) is 12.1 Å². The van der Waals surface area contributed by atoms with Gasteiger partial charge in [0.25, 0.3) is 0 Å². The molecule has 1 aromatic rings. The first-order chi connectivity index (χ1) is 8.08. The molecule has 2 rings (SSSR count). The summed E-state index contributed by atoms with van der Waals surface area (Å²) in [4.78, 5) is 0. The highest BCUT2D eigenvalue weighted by Gasteiger charge is 2.38. The summed E-state index contributed by atoms with van der Waals surface area (Å²) in [6.07, 6.45) is -4.86. The molecule has 0 saturated carbocycles. The number of benzene rings is 1. The molecule has 0 amide bonds. The van der Waals surface area contributed by atoms with Crippen molar-refractivity contribution in [1.29, 1.82) is 0 Å². The lowest BCUT2D eigenvalue weighted by Crippen LogP contribution is -2.54. The lowest BCUT2D eigenvalue weighted by Gasteiger charge is -2.34. The van der Waals surface area contributed by atoms with Crippen LogP contribution in [0.2, 0.25) is 0 Å². The average Bonchev–Trinajstić information content (AvgIpc) is 2.30. The summed E-state index contributed by atoms with van der Waals surface area (Å²) < 4.78 is 10.3. The molecule has 0 bridgehead atoms. The molecule has 0 aromatic heterocycles. The Balaban J connectivity index is 2.04. The van der Waals surface area contributed by atoms with Crippen LogP contribution in [-0.2, 0) is 4.74 Å². The van der Waals surface area contributed by atoms with Crippen molar-refractivity contribution in [2.24, 2.45) is 0 Å². The second-order valence-corrected chi connectivity index (χ2v) is 3.87. The third-order valence-electron chi connectivity index (χ3n) is 2.52. The molecule has 1 aliphatic rings. The molecule has 1 aromatic carbocycles. The van der Waals surface area contributed by atoms with E-state index in [0.29, 0.717) is 5.75 Å². The fourth-order valence-corrected chi connectivity index (χ4v) is 1.57. The predicted octanol–water partition coefficient (Wildman–Crippen LogP) is -0.790. The van der Waals surface area contributed by atoms with Crippen LogP contribution in [-0.4, -0.2) is 51.6 Å². The number of hydrogen-bond acceptors (Lipinski definition) is 6. The molecule has 1 saturated heterocycles. The quantitative estimate of drug-likeness (QED) is 0.542. The first kappa shape index (κ1) is 12.1. The van der Waals surface area contributed by atoms with E-state index in [0.717, 1.165) is 0 Å². The van der Waals surface area contributed by atoms with Crippen LogP contribution in [0.25, 0.3) is 0 Å². The molecule has 1 aliphatic heterocycles. The molecule has 4 atom stereocenters. The van der Waals surface area contributed by atoms with Gasteiger partial charge in [0.05, 0.1) is 6.61 Å². The summed E-state index contributed by atoms with van der Waals surface area (Å²) in [6.45, 7) is -0.123. The summed E-state index contributed by atoms with van der Waals surface area (Å²) in [5.74, 6) is 0.325. The highest BCUT2D eigenvalue weighted by atomic mass is 16.7. The van der Waals surface area contributed by atoms with Crippen LogP contribution in [0.5, 0.6) is 11.5 Å². The summed E-state index contributed by atoms with van der Waals surface area (Å²) in [5, 5.41) is 37.5. The topological polar surface area (TPSA) is 99.4 Å². The maximum absolute atomic E-state index is 9.62. The minimum Gasteiger partial charge on any atom is -0.508 e. The maximum atomic E-state index is 9.62. The SMILES string of the molecule is Oc1cccc(O[C@H]2OC[C@@H](O)[C@H](O)[C@H]2O)c1. The number of phenolic OH excluding ortho intramolecular Hbond substituents is 1. The van der Waals surface area contributed by atoms with Crippen LogP contribution in [0, 0.1) is 0 Å². The number of rotatable bonds is 2. The summed E-state index contributed by atoms with van der Waals surface area (Å²) in [7, 11) is 0. The number of ether oxygens (including phenoxy) is 2. The van der Waals surface area contributed by atoms with Gasteiger partial charge in [-0.25, -0.2) is 0 Å². The summed E-state index contributed by atoms with van der Waals surface area (Å²) in [6, 6.07) is 5.98. The third-order valence-corrected chi connectivity index (χ3v) is 2.52. The molecule has 1 fully saturated rings. The molecule has 17 heavy (non-hydrogen) atoms. The lowest BCUT2D eigenvalue weighted by molar-refractivity contribution is -0.242. The zero-order valence-electron chi connectivity index (χ0n) is 8.93. The fraction of sp³-hybridized carbons (Fsp3) is 0.455. The molecular weight excluding hydrogens is 228 g/mol. The monoisotopic (exact) mass is 242 g/mol. The van der Waals surface area contributed by atoms with Gasteiger partial charge in [-0.05, 0) is 12.1 Å². The van der Waals surface area contributed by atoms with Crippen LogP contribution in [0.3, 0.4) is 0 Å². The van der Waals surface area contributed by atoms with E-state index in [2.05, 4.69) is 0 Å². The lowest BCUT2D eigenvalue weighted by atomic mass is 10.1. The second-order valence-electron chi connectivity index (χ2n) is 3.87. The molecule has 6 nitrogen and oxygen atoms in total. The summed E-state index contributed by atoms with van der Waals surface area (Å²) >= 11 is 0. The van der Waals surface area contributed by atoms with Crippen molar-refractivity contribution in [3.8, 4) is 11.5 Å². The van der Waals surface area contributed by atoms with E-state index < -0.39 is 24.6 Å². The van der Waals surface area contributed by atoms with Gasteiger partial charge in [-0.3, -0.25) is 0 Å². The molecule has 0 aliphatic carbocycles. The first-order valence-electron chi connectivity index (χ1n) is 5.19.